The van der Waals surface area contributed by atoms with E-state index in [0.717, 1.165) is 30.9 Å². The first-order valence-electron chi connectivity index (χ1n) is 9.69. The van der Waals surface area contributed by atoms with E-state index in [1.165, 1.54) is 9.87 Å². The maximum absolute atomic E-state index is 12.6. The summed E-state index contributed by atoms with van der Waals surface area (Å²) in [6, 6.07) is 15.2. The highest BCUT2D eigenvalue weighted by atomic mass is 32.2. The molecule has 0 saturated carbocycles. The van der Waals surface area contributed by atoms with Crippen LogP contribution < -0.4 is 10.1 Å². The van der Waals surface area contributed by atoms with Crippen LogP contribution in [0.1, 0.15) is 24.5 Å². The van der Waals surface area contributed by atoms with E-state index in [0.29, 0.717) is 37.7 Å². The Morgan fingerprint density at radius 3 is 2.11 bits per heavy atom. The minimum atomic E-state index is -3.43. The Labute approximate surface area is 167 Å². The molecule has 0 unspecified atom stereocenters. The van der Waals surface area contributed by atoms with E-state index in [1.807, 2.05) is 24.3 Å². The minimum absolute atomic E-state index is 0.334. The second-order valence-corrected chi connectivity index (χ2v) is 8.69. The maximum atomic E-state index is 12.6. The molecule has 2 aromatic rings. The van der Waals surface area contributed by atoms with Crippen molar-refractivity contribution in [3.63, 3.8) is 0 Å². The van der Waals surface area contributed by atoms with Crippen LogP contribution in [0.4, 0.5) is 0 Å². The quantitative estimate of drug-likeness (QED) is 0.696. The summed E-state index contributed by atoms with van der Waals surface area (Å²) >= 11 is 0. The van der Waals surface area contributed by atoms with Gasteiger partial charge in [-0.3, -0.25) is 0 Å². The molecule has 28 heavy (non-hydrogen) atoms. The van der Waals surface area contributed by atoms with E-state index >= 15 is 0 Å². The molecule has 1 saturated heterocycles. The number of hydrogen-bond acceptors (Lipinski definition) is 5. The van der Waals surface area contributed by atoms with Gasteiger partial charge in [-0.15, -0.1) is 0 Å². The smallest absolute Gasteiger partial charge is 0.243 e. The lowest BCUT2D eigenvalue weighted by molar-refractivity contribution is 0.0730. The van der Waals surface area contributed by atoms with Gasteiger partial charge < -0.3 is 14.8 Å². The topological polar surface area (TPSA) is 67.9 Å². The van der Waals surface area contributed by atoms with Gasteiger partial charge in [0, 0.05) is 26.2 Å². The van der Waals surface area contributed by atoms with Crippen molar-refractivity contribution < 1.29 is 17.9 Å². The van der Waals surface area contributed by atoms with Gasteiger partial charge in [-0.25, -0.2) is 8.42 Å². The number of rotatable bonds is 9. The number of sulfonamides is 1. The van der Waals surface area contributed by atoms with Crippen LogP contribution in [0, 0.1) is 0 Å². The highest BCUT2D eigenvalue weighted by molar-refractivity contribution is 7.89. The number of morpholine rings is 1. The van der Waals surface area contributed by atoms with Crippen LogP contribution in [0.15, 0.2) is 53.4 Å². The highest BCUT2D eigenvalue weighted by Gasteiger charge is 2.25. The van der Waals surface area contributed by atoms with Crippen LogP contribution in [-0.4, -0.2) is 45.6 Å². The average Bonchev–Trinajstić information content (AvgIpc) is 2.74. The van der Waals surface area contributed by atoms with Gasteiger partial charge in [0.25, 0.3) is 0 Å². The summed E-state index contributed by atoms with van der Waals surface area (Å²) in [7, 11) is -3.43. The first-order valence-corrected chi connectivity index (χ1v) is 11.1. The molecule has 0 atom stereocenters. The lowest BCUT2D eigenvalue weighted by Gasteiger charge is -2.26. The van der Waals surface area contributed by atoms with Gasteiger partial charge in [0.1, 0.15) is 5.75 Å². The fourth-order valence-electron chi connectivity index (χ4n) is 2.99. The normalized spacial score (nSPS) is 15.5. The predicted molar refractivity (Wildman–Crippen MR) is 109 cm³/mol. The molecule has 0 spiro atoms. The van der Waals surface area contributed by atoms with Crippen molar-refractivity contribution in [2.75, 3.05) is 32.9 Å². The second-order valence-electron chi connectivity index (χ2n) is 6.76. The number of hydrogen-bond donors (Lipinski definition) is 1. The summed E-state index contributed by atoms with van der Waals surface area (Å²) in [5, 5.41) is 3.38. The van der Waals surface area contributed by atoms with Gasteiger partial charge >= 0.3 is 0 Å². The summed E-state index contributed by atoms with van der Waals surface area (Å²) in [5.41, 5.74) is 2.22. The Bertz CT molecular complexity index is 830. The molecule has 2 aromatic carbocycles. The highest BCUT2D eigenvalue weighted by Crippen LogP contribution is 2.18. The van der Waals surface area contributed by atoms with Crippen molar-refractivity contribution in [2.24, 2.45) is 0 Å². The molecule has 0 aromatic heterocycles. The molecular formula is C21H28N2O4S. The van der Waals surface area contributed by atoms with E-state index < -0.39 is 10.0 Å². The van der Waals surface area contributed by atoms with Gasteiger partial charge in [0.15, 0.2) is 0 Å². The Morgan fingerprint density at radius 1 is 0.964 bits per heavy atom. The SMILES string of the molecule is CCCOc1ccc(CNCc2ccc(S(=O)(=O)N3CCOCC3)cc2)cc1. The molecule has 1 aliphatic heterocycles. The van der Waals surface area contributed by atoms with Crippen molar-refractivity contribution in [2.45, 2.75) is 31.3 Å². The van der Waals surface area contributed by atoms with E-state index in [1.54, 1.807) is 12.1 Å². The second kappa shape index (κ2) is 10.0. The molecular weight excluding hydrogens is 376 g/mol. The van der Waals surface area contributed by atoms with Crippen LogP contribution in [0.3, 0.4) is 0 Å². The third kappa shape index (κ3) is 5.54. The molecule has 1 fully saturated rings. The third-order valence-electron chi connectivity index (χ3n) is 4.59. The van der Waals surface area contributed by atoms with Crippen molar-refractivity contribution >= 4 is 10.0 Å². The van der Waals surface area contributed by atoms with E-state index in [2.05, 4.69) is 24.4 Å². The molecule has 0 radical (unpaired) electrons. The van der Waals surface area contributed by atoms with Gasteiger partial charge in [-0.05, 0) is 41.8 Å². The summed E-state index contributed by atoms with van der Waals surface area (Å²) in [6.45, 7) is 5.95. The van der Waals surface area contributed by atoms with Crippen LogP contribution >= 0.6 is 0 Å². The molecule has 0 aliphatic carbocycles. The number of benzene rings is 2. The van der Waals surface area contributed by atoms with Crippen LogP contribution in [0.2, 0.25) is 0 Å². The summed E-state index contributed by atoms with van der Waals surface area (Å²) in [4.78, 5) is 0.334. The largest absolute Gasteiger partial charge is 0.494 e. The number of nitrogens with one attached hydrogen (secondary N) is 1. The predicted octanol–water partition coefficient (Wildman–Crippen LogP) is 2.79. The van der Waals surface area contributed by atoms with E-state index in [9.17, 15) is 8.42 Å². The lowest BCUT2D eigenvalue weighted by atomic mass is 10.2. The number of ether oxygens (including phenoxy) is 2. The van der Waals surface area contributed by atoms with Gasteiger partial charge in [0.2, 0.25) is 10.0 Å². The van der Waals surface area contributed by atoms with Crippen molar-refractivity contribution in [3.05, 3.63) is 59.7 Å². The van der Waals surface area contributed by atoms with Crippen molar-refractivity contribution in [3.8, 4) is 5.75 Å². The Morgan fingerprint density at radius 2 is 1.54 bits per heavy atom. The van der Waals surface area contributed by atoms with E-state index in [-0.39, 0.29) is 0 Å². The standard InChI is InChI=1S/C21H28N2O4S/c1-2-13-27-20-7-3-18(4-8-20)16-22-17-19-5-9-21(10-6-19)28(24,25)23-11-14-26-15-12-23/h3-10,22H,2,11-17H2,1H3. The molecule has 0 amide bonds. The van der Waals surface area contributed by atoms with Crippen LogP contribution in [-0.2, 0) is 27.8 Å². The molecule has 7 heteroatoms. The Kier molecular flexibility index (Phi) is 7.44. The fraction of sp³-hybridized carbons (Fsp3) is 0.429. The molecule has 1 N–H and O–H groups in total. The minimum Gasteiger partial charge on any atom is -0.494 e. The van der Waals surface area contributed by atoms with Gasteiger partial charge in [-0.1, -0.05) is 31.2 Å². The summed E-state index contributed by atoms with van der Waals surface area (Å²) < 4.78 is 37.6. The molecule has 1 aliphatic rings. The van der Waals surface area contributed by atoms with Gasteiger partial charge in [-0.2, -0.15) is 4.31 Å². The Balaban J connectivity index is 1.50. The van der Waals surface area contributed by atoms with Crippen LogP contribution in [0.25, 0.3) is 0 Å². The molecule has 6 nitrogen and oxygen atoms in total. The van der Waals surface area contributed by atoms with Gasteiger partial charge in [0.05, 0.1) is 24.7 Å². The summed E-state index contributed by atoms with van der Waals surface area (Å²) in [6.07, 6.45) is 0.996. The molecule has 0 bridgehead atoms. The maximum Gasteiger partial charge on any atom is 0.243 e. The molecule has 152 valence electrons. The Hall–Kier alpha value is -1.93. The summed E-state index contributed by atoms with van der Waals surface area (Å²) in [5.74, 6) is 0.891. The van der Waals surface area contributed by atoms with Crippen molar-refractivity contribution in [1.82, 2.24) is 9.62 Å². The average molecular weight is 405 g/mol. The molecule has 1 heterocycles. The van der Waals surface area contributed by atoms with Crippen molar-refractivity contribution in [1.29, 1.82) is 0 Å². The zero-order valence-corrected chi connectivity index (χ0v) is 17.1. The first kappa shape index (κ1) is 20.8. The molecule has 3 rings (SSSR count). The van der Waals surface area contributed by atoms with Crippen LogP contribution in [0.5, 0.6) is 5.75 Å². The fourth-order valence-corrected chi connectivity index (χ4v) is 4.40. The lowest BCUT2D eigenvalue weighted by Crippen LogP contribution is -2.40. The first-order chi connectivity index (χ1) is 13.6. The third-order valence-corrected chi connectivity index (χ3v) is 6.50. The monoisotopic (exact) mass is 404 g/mol. The zero-order valence-electron chi connectivity index (χ0n) is 16.3. The zero-order chi connectivity index (χ0) is 19.8. The number of nitrogens with zero attached hydrogens (tertiary/aromatic N) is 1. The van der Waals surface area contributed by atoms with E-state index in [4.69, 9.17) is 9.47 Å².